The quantitative estimate of drug-likeness (QED) is 0.837. The number of rotatable bonds is 3. The summed E-state index contributed by atoms with van der Waals surface area (Å²) in [5, 5.41) is 13.8. The lowest BCUT2D eigenvalue weighted by molar-refractivity contribution is -0.151. The Hall–Kier alpha value is -1.39. The van der Waals surface area contributed by atoms with Crippen LogP contribution in [-0.4, -0.2) is 29.3 Å². The zero-order chi connectivity index (χ0) is 14.9. The summed E-state index contributed by atoms with van der Waals surface area (Å²) in [7, 11) is 0. The fraction of sp³-hybridized carbons (Fsp3) is 0.588. The molecule has 0 unspecified atom stereocenters. The van der Waals surface area contributed by atoms with Crippen molar-refractivity contribution < 1.29 is 14.6 Å². The third kappa shape index (κ3) is 2.47. The molecule has 2 heterocycles. The normalized spacial score (nSPS) is 35.2. The van der Waals surface area contributed by atoms with Gasteiger partial charge in [-0.2, -0.15) is 0 Å². The van der Waals surface area contributed by atoms with Gasteiger partial charge in [0.15, 0.2) is 0 Å². The minimum absolute atomic E-state index is 0.170. The molecule has 21 heavy (non-hydrogen) atoms. The van der Waals surface area contributed by atoms with Crippen LogP contribution in [0.25, 0.3) is 0 Å². The Morgan fingerprint density at radius 3 is 2.81 bits per heavy atom. The number of aliphatic hydroxyl groups is 1. The first-order valence-electron chi connectivity index (χ1n) is 7.80. The van der Waals surface area contributed by atoms with Gasteiger partial charge in [-0.1, -0.05) is 30.3 Å². The summed E-state index contributed by atoms with van der Waals surface area (Å²) in [6.07, 6.45) is 3.18. The van der Waals surface area contributed by atoms with Crippen molar-refractivity contribution in [1.82, 2.24) is 5.32 Å². The summed E-state index contributed by atoms with van der Waals surface area (Å²) in [4.78, 5) is 12.4. The maximum absolute atomic E-state index is 12.4. The number of aliphatic hydroxyl groups excluding tert-OH is 1. The molecule has 1 aromatic carbocycles. The van der Waals surface area contributed by atoms with E-state index in [0.29, 0.717) is 25.9 Å². The molecule has 3 atom stereocenters. The van der Waals surface area contributed by atoms with Crippen LogP contribution in [0.4, 0.5) is 0 Å². The lowest BCUT2D eigenvalue weighted by Gasteiger charge is -2.33. The summed E-state index contributed by atoms with van der Waals surface area (Å²) >= 11 is 0. The minimum Gasteiger partial charge on any atom is -0.465 e. The summed E-state index contributed by atoms with van der Waals surface area (Å²) in [5.41, 5.74) is 0.199. The van der Waals surface area contributed by atoms with Gasteiger partial charge >= 0.3 is 5.97 Å². The molecule has 0 radical (unpaired) electrons. The Morgan fingerprint density at radius 1 is 1.33 bits per heavy atom. The van der Waals surface area contributed by atoms with E-state index >= 15 is 0 Å². The number of hydrogen-bond donors (Lipinski definition) is 2. The summed E-state index contributed by atoms with van der Waals surface area (Å²) < 4.78 is 5.29. The van der Waals surface area contributed by atoms with Crippen LogP contribution in [0.5, 0.6) is 0 Å². The maximum atomic E-state index is 12.4. The monoisotopic (exact) mass is 289 g/mol. The average molecular weight is 289 g/mol. The molecule has 2 bridgehead atoms. The zero-order valence-electron chi connectivity index (χ0n) is 12.5. The van der Waals surface area contributed by atoms with Gasteiger partial charge in [-0.15, -0.1) is 0 Å². The fourth-order valence-electron chi connectivity index (χ4n) is 3.88. The second-order valence-corrected chi connectivity index (χ2v) is 6.27. The summed E-state index contributed by atoms with van der Waals surface area (Å²) in [6, 6.07) is 10.2. The molecular weight excluding hydrogens is 266 g/mol. The first kappa shape index (κ1) is 14.5. The van der Waals surface area contributed by atoms with Crippen molar-refractivity contribution in [2.24, 2.45) is 0 Å². The van der Waals surface area contributed by atoms with Crippen LogP contribution in [0.2, 0.25) is 0 Å². The Balaban J connectivity index is 1.97. The Labute approximate surface area is 125 Å². The van der Waals surface area contributed by atoms with Crippen LogP contribution in [-0.2, 0) is 15.1 Å². The number of carbonyl (C=O) groups is 1. The van der Waals surface area contributed by atoms with Crippen LogP contribution in [0.1, 0.15) is 44.6 Å². The molecule has 0 amide bonds. The van der Waals surface area contributed by atoms with E-state index in [4.69, 9.17) is 4.74 Å². The van der Waals surface area contributed by atoms with E-state index in [9.17, 15) is 9.90 Å². The van der Waals surface area contributed by atoms with Gasteiger partial charge < -0.3 is 9.84 Å². The van der Waals surface area contributed by atoms with Crippen molar-refractivity contribution in [3.63, 3.8) is 0 Å². The van der Waals surface area contributed by atoms with Crippen molar-refractivity contribution in [2.45, 2.75) is 56.2 Å². The van der Waals surface area contributed by atoms with Crippen molar-refractivity contribution in [3.8, 4) is 0 Å². The van der Waals surface area contributed by atoms with Crippen molar-refractivity contribution >= 4 is 5.97 Å². The van der Waals surface area contributed by atoms with Gasteiger partial charge in [0, 0.05) is 5.54 Å². The Morgan fingerprint density at radius 2 is 2.10 bits per heavy atom. The van der Waals surface area contributed by atoms with E-state index < -0.39 is 5.54 Å². The molecule has 2 aliphatic heterocycles. The van der Waals surface area contributed by atoms with E-state index in [0.717, 1.165) is 18.4 Å². The molecule has 2 N–H and O–H groups in total. The molecule has 0 saturated carbocycles. The molecular formula is C17H23NO3. The summed E-state index contributed by atoms with van der Waals surface area (Å²) in [5.74, 6) is -0.170. The van der Waals surface area contributed by atoms with E-state index in [1.165, 1.54) is 0 Å². The average Bonchev–Trinajstić information content (AvgIpc) is 2.79. The van der Waals surface area contributed by atoms with Crippen LogP contribution >= 0.6 is 0 Å². The van der Waals surface area contributed by atoms with E-state index in [-0.39, 0.29) is 17.6 Å². The number of ether oxygens (including phenoxy) is 1. The molecule has 0 spiro atoms. The van der Waals surface area contributed by atoms with Crippen molar-refractivity contribution in [2.75, 3.05) is 6.61 Å². The molecule has 114 valence electrons. The highest BCUT2D eigenvalue weighted by Crippen LogP contribution is 2.47. The first-order valence-corrected chi connectivity index (χ1v) is 7.80. The number of benzene rings is 1. The number of carbonyl (C=O) groups excluding carboxylic acids is 1. The highest BCUT2D eigenvalue weighted by atomic mass is 16.5. The molecule has 2 aliphatic rings. The van der Waals surface area contributed by atoms with Gasteiger partial charge in [0.2, 0.25) is 0 Å². The lowest BCUT2D eigenvalue weighted by Crippen LogP contribution is -2.53. The maximum Gasteiger partial charge on any atom is 0.326 e. The lowest BCUT2D eigenvalue weighted by atomic mass is 9.80. The molecule has 2 saturated heterocycles. The zero-order valence-corrected chi connectivity index (χ0v) is 12.5. The second-order valence-electron chi connectivity index (χ2n) is 6.27. The van der Waals surface area contributed by atoms with E-state index in [1.54, 1.807) is 0 Å². The molecule has 0 aliphatic carbocycles. The molecule has 2 fully saturated rings. The number of nitrogens with one attached hydrogen (secondary N) is 1. The van der Waals surface area contributed by atoms with Gasteiger partial charge in [0.25, 0.3) is 0 Å². The molecule has 1 aromatic rings. The highest BCUT2D eigenvalue weighted by molar-refractivity contribution is 5.81. The summed E-state index contributed by atoms with van der Waals surface area (Å²) in [6.45, 7) is 2.22. The Bertz CT molecular complexity index is 518. The van der Waals surface area contributed by atoms with E-state index in [2.05, 4.69) is 17.4 Å². The first-order chi connectivity index (χ1) is 10.1. The number of esters is 1. The van der Waals surface area contributed by atoms with Gasteiger partial charge in [-0.25, -0.2) is 0 Å². The standard InChI is InChI=1S/C17H23NO3/c1-2-21-15(20)16-9-8-14(19)12-17(18-16,11-10-16)13-6-4-3-5-7-13/h3-7,14,18-19H,2,8-12H2,1H3/t14-,16+,17+/m0/s1. The van der Waals surface area contributed by atoms with Gasteiger partial charge in [0.1, 0.15) is 5.54 Å². The highest BCUT2D eigenvalue weighted by Gasteiger charge is 2.55. The predicted octanol–water partition coefficient (Wildman–Crippen LogP) is 2.11. The SMILES string of the molecule is CCOC(=O)[C@@]12CC[C@H](O)C[C@@](c3ccccc3)(CC1)N2. The smallest absolute Gasteiger partial charge is 0.326 e. The molecule has 4 nitrogen and oxygen atoms in total. The van der Waals surface area contributed by atoms with Gasteiger partial charge in [-0.05, 0) is 44.6 Å². The molecule has 0 aromatic heterocycles. The van der Waals surface area contributed by atoms with Crippen LogP contribution < -0.4 is 5.32 Å². The number of hydrogen-bond acceptors (Lipinski definition) is 4. The third-order valence-electron chi connectivity index (χ3n) is 4.94. The van der Waals surface area contributed by atoms with Crippen LogP contribution in [0.15, 0.2) is 30.3 Å². The van der Waals surface area contributed by atoms with Crippen LogP contribution in [0, 0.1) is 0 Å². The fourth-order valence-corrected chi connectivity index (χ4v) is 3.88. The van der Waals surface area contributed by atoms with Gasteiger partial charge in [-0.3, -0.25) is 10.1 Å². The van der Waals surface area contributed by atoms with Crippen LogP contribution in [0.3, 0.4) is 0 Å². The van der Waals surface area contributed by atoms with Gasteiger partial charge in [0.05, 0.1) is 12.7 Å². The Kier molecular flexibility index (Phi) is 3.76. The minimum atomic E-state index is -0.636. The number of fused-ring (bicyclic) bond motifs is 2. The predicted molar refractivity (Wildman–Crippen MR) is 79.7 cm³/mol. The third-order valence-corrected chi connectivity index (χ3v) is 4.94. The largest absolute Gasteiger partial charge is 0.465 e. The molecule has 3 rings (SSSR count). The van der Waals surface area contributed by atoms with Crippen molar-refractivity contribution in [3.05, 3.63) is 35.9 Å². The topological polar surface area (TPSA) is 58.6 Å². The molecule has 4 heteroatoms. The second kappa shape index (κ2) is 5.43. The van der Waals surface area contributed by atoms with E-state index in [1.807, 2.05) is 25.1 Å². The van der Waals surface area contributed by atoms with Crippen molar-refractivity contribution in [1.29, 1.82) is 0 Å².